The lowest BCUT2D eigenvalue weighted by atomic mass is 10.0. The highest BCUT2D eigenvalue weighted by molar-refractivity contribution is 7.13. The molecule has 0 saturated carbocycles. The number of ketones is 2. The first-order valence-corrected chi connectivity index (χ1v) is 10.1. The second-order valence-corrected chi connectivity index (χ2v) is 7.85. The number of rotatable bonds is 6. The van der Waals surface area contributed by atoms with Crippen LogP contribution in [-0.4, -0.2) is 33.6 Å². The van der Waals surface area contributed by atoms with Crippen LogP contribution in [0, 0.1) is 20.8 Å². The SMILES string of the molecule is CC(=O)c1c(C)[nH]c(C(=O)C(C)OC(=O)c2ccc(-c3cccs3)nc2C)c1C. The summed E-state index contributed by atoms with van der Waals surface area (Å²) < 4.78 is 5.40. The van der Waals surface area contributed by atoms with Crippen LogP contribution in [0.15, 0.2) is 29.6 Å². The van der Waals surface area contributed by atoms with Gasteiger partial charge in [0.2, 0.25) is 5.78 Å². The van der Waals surface area contributed by atoms with Gasteiger partial charge in [0.1, 0.15) is 0 Å². The summed E-state index contributed by atoms with van der Waals surface area (Å²) in [7, 11) is 0. The molecule has 0 amide bonds. The van der Waals surface area contributed by atoms with Crippen molar-refractivity contribution in [1.29, 1.82) is 0 Å². The molecule has 0 radical (unpaired) electrons. The second-order valence-electron chi connectivity index (χ2n) is 6.90. The maximum Gasteiger partial charge on any atom is 0.340 e. The highest BCUT2D eigenvalue weighted by Crippen LogP contribution is 2.25. The number of carbonyl (C=O) groups excluding carboxylic acids is 3. The molecule has 29 heavy (non-hydrogen) atoms. The molecule has 0 aliphatic heterocycles. The van der Waals surface area contributed by atoms with Gasteiger partial charge in [-0.05, 0) is 63.8 Å². The van der Waals surface area contributed by atoms with Crippen LogP contribution in [0.5, 0.6) is 0 Å². The molecule has 150 valence electrons. The highest BCUT2D eigenvalue weighted by Gasteiger charge is 2.27. The highest BCUT2D eigenvalue weighted by atomic mass is 32.1. The third kappa shape index (κ3) is 4.05. The number of nitrogens with zero attached hydrogens (tertiary/aromatic N) is 1. The number of H-pyrrole nitrogens is 1. The summed E-state index contributed by atoms with van der Waals surface area (Å²) in [6, 6.07) is 7.32. The lowest BCUT2D eigenvalue weighted by Gasteiger charge is -2.13. The van der Waals surface area contributed by atoms with Crippen LogP contribution in [0.1, 0.15) is 62.0 Å². The topological polar surface area (TPSA) is 89.1 Å². The van der Waals surface area contributed by atoms with Gasteiger partial charge in [-0.1, -0.05) is 6.07 Å². The third-order valence-electron chi connectivity index (χ3n) is 4.77. The Morgan fingerprint density at radius 2 is 1.86 bits per heavy atom. The number of aromatic nitrogens is 2. The number of Topliss-reactive ketones (excluding diaryl/α,β-unsaturated/α-hetero) is 2. The van der Waals surface area contributed by atoms with Crippen LogP contribution < -0.4 is 0 Å². The van der Waals surface area contributed by atoms with Gasteiger partial charge in [-0.3, -0.25) is 14.6 Å². The zero-order valence-electron chi connectivity index (χ0n) is 17.0. The number of aromatic amines is 1. The van der Waals surface area contributed by atoms with Crippen LogP contribution in [-0.2, 0) is 4.74 Å². The van der Waals surface area contributed by atoms with Crippen LogP contribution in [0.25, 0.3) is 10.6 Å². The van der Waals surface area contributed by atoms with Crippen molar-refractivity contribution in [2.75, 3.05) is 0 Å². The summed E-state index contributed by atoms with van der Waals surface area (Å²) in [6.07, 6.45) is -1.00. The monoisotopic (exact) mass is 410 g/mol. The predicted octanol–water partition coefficient (Wildman–Crippen LogP) is 4.69. The molecule has 0 aliphatic rings. The van der Waals surface area contributed by atoms with Crippen molar-refractivity contribution in [3.63, 3.8) is 0 Å². The summed E-state index contributed by atoms with van der Waals surface area (Å²) in [5.41, 5.74) is 3.61. The lowest BCUT2D eigenvalue weighted by Crippen LogP contribution is -2.26. The molecule has 1 unspecified atom stereocenters. The Balaban J connectivity index is 1.78. The van der Waals surface area contributed by atoms with E-state index in [4.69, 9.17) is 4.74 Å². The number of hydrogen-bond acceptors (Lipinski definition) is 6. The van der Waals surface area contributed by atoms with Gasteiger partial charge >= 0.3 is 5.97 Å². The van der Waals surface area contributed by atoms with E-state index in [0.29, 0.717) is 28.1 Å². The zero-order chi connectivity index (χ0) is 21.3. The van der Waals surface area contributed by atoms with Crippen molar-refractivity contribution < 1.29 is 19.1 Å². The van der Waals surface area contributed by atoms with Gasteiger partial charge in [-0.15, -0.1) is 11.3 Å². The molecule has 7 heteroatoms. The van der Waals surface area contributed by atoms with Gasteiger partial charge in [-0.25, -0.2) is 4.79 Å². The Morgan fingerprint density at radius 3 is 2.41 bits per heavy atom. The minimum absolute atomic E-state index is 0.118. The van der Waals surface area contributed by atoms with Crippen LogP contribution in [0.3, 0.4) is 0 Å². The lowest BCUT2D eigenvalue weighted by molar-refractivity contribution is 0.0315. The first kappa shape index (κ1) is 20.7. The van der Waals surface area contributed by atoms with Crippen molar-refractivity contribution in [3.8, 4) is 10.6 Å². The molecule has 0 bridgehead atoms. The normalized spacial score (nSPS) is 11.9. The number of aryl methyl sites for hydroxylation is 2. The second kappa shape index (κ2) is 8.13. The standard InChI is InChI=1S/C22H22N2O4S/c1-11-19(14(4)25)13(3)24-20(11)21(26)15(5)28-22(27)16-8-9-17(23-12(16)2)18-7-6-10-29-18/h6-10,15,24H,1-5H3. The number of ether oxygens (including phenoxy) is 1. The van der Waals surface area contributed by atoms with Crippen molar-refractivity contribution in [2.24, 2.45) is 0 Å². The van der Waals surface area contributed by atoms with Crippen molar-refractivity contribution in [2.45, 2.75) is 40.7 Å². The number of hydrogen-bond donors (Lipinski definition) is 1. The van der Waals surface area contributed by atoms with Crippen LogP contribution in [0.2, 0.25) is 0 Å². The molecule has 3 aromatic heterocycles. The van der Waals surface area contributed by atoms with Crippen LogP contribution >= 0.6 is 11.3 Å². The summed E-state index contributed by atoms with van der Waals surface area (Å²) in [4.78, 5) is 45.6. The molecule has 0 saturated heterocycles. The smallest absolute Gasteiger partial charge is 0.340 e. The van der Waals surface area contributed by atoms with E-state index in [1.165, 1.54) is 13.8 Å². The maximum atomic E-state index is 12.8. The Hall–Kier alpha value is -3.06. The van der Waals surface area contributed by atoms with Gasteiger partial charge in [0.05, 0.1) is 27.5 Å². The molecule has 0 spiro atoms. The molecule has 0 aliphatic carbocycles. The number of pyridine rings is 1. The van der Waals surface area contributed by atoms with E-state index in [9.17, 15) is 14.4 Å². The number of esters is 1. The number of nitrogens with one attached hydrogen (secondary N) is 1. The minimum Gasteiger partial charge on any atom is -0.451 e. The fourth-order valence-corrected chi connectivity index (χ4v) is 4.04. The molecule has 6 nitrogen and oxygen atoms in total. The zero-order valence-corrected chi connectivity index (χ0v) is 17.8. The minimum atomic E-state index is -1.00. The molecular weight excluding hydrogens is 388 g/mol. The average Bonchev–Trinajstić information content (AvgIpc) is 3.28. The van der Waals surface area contributed by atoms with E-state index < -0.39 is 12.1 Å². The number of thiophene rings is 1. The summed E-state index contributed by atoms with van der Waals surface area (Å²) >= 11 is 1.57. The first-order chi connectivity index (χ1) is 13.7. The van der Waals surface area contributed by atoms with E-state index >= 15 is 0 Å². The molecular formula is C22H22N2O4S. The Labute approximate surface area is 172 Å². The van der Waals surface area contributed by atoms with Gasteiger partial charge in [0, 0.05) is 11.3 Å². The summed E-state index contributed by atoms with van der Waals surface area (Å²) in [6.45, 7) is 8.15. The molecule has 1 atom stereocenters. The average molecular weight is 410 g/mol. The maximum absolute atomic E-state index is 12.8. The third-order valence-corrected chi connectivity index (χ3v) is 5.66. The summed E-state index contributed by atoms with van der Waals surface area (Å²) in [5, 5.41) is 1.96. The van der Waals surface area contributed by atoms with Gasteiger partial charge in [-0.2, -0.15) is 0 Å². The molecule has 0 aromatic carbocycles. The van der Waals surface area contributed by atoms with E-state index in [1.807, 2.05) is 17.5 Å². The largest absolute Gasteiger partial charge is 0.451 e. The molecule has 1 N–H and O–H groups in total. The Bertz CT molecular complexity index is 1100. The quantitative estimate of drug-likeness (QED) is 0.470. The summed E-state index contributed by atoms with van der Waals surface area (Å²) in [5.74, 6) is -1.11. The van der Waals surface area contributed by atoms with Crippen molar-refractivity contribution in [1.82, 2.24) is 9.97 Å². The van der Waals surface area contributed by atoms with Crippen LogP contribution in [0.4, 0.5) is 0 Å². The van der Waals surface area contributed by atoms with E-state index in [0.717, 1.165) is 10.6 Å². The van der Waals surface area contributed by atoms with E-state index in [1.54, 1.807) is 44.2 Å². The van der Waals surface area contributed by atoms with Crippen molar-refractivity contribution >= 4 is 28.9 Å². The van der Waals surface area contributed by atoms with Gasteiger partial charge < -0.3 is 9.72 Å². The predicted molar refractivity (Wildman–Crippen MR) is 112 cm³/mol. The van der Waals surface area contributed by atoms with E-state index in [-0.39, 0.29) is 17.3 Å². The number of carbonyl (C=O) groups is 3. The fourth-order valence-electron chi connectivity index (χ4n) is 3.34. The van der Waals surface area contributed by atoms with Crippen molar-refractivity contribution in [3.05, 3.63) is 63.4 Å². The molecule has 3 aromatic rings. The van der Waals surface area contributed by atoms with Gasteiger partial charge in [0.15, 0.2) is 11.9 Å². The fraction of sp³-hybridized carbons (Fsp3) is 0.273. The first-order valence-electron chi connectivity index (χ1n) is 9.17. The molecule has 3 heterocycles. The van der Waals surface area contributed by atoms with Gasteiger partial charge in [0.25, 0.3) is 0 Å². The molecule has 3 rings (SSSR count). The van der Waals surface area contributed by atoms with E-state index in [2.05, 4.69) is 9.97 Å². The Kier molecular flexibility index (Phi) is 5.79. The Morgan fingerprint density at radius 1 is 1.14 bits per heavy atom. The molecule has 0 fully saturated rings.